The summed E-state index contributed by atoms with van der Waals surface area (Å²) in [5.41, 5.74) is 0.966. The highest BCUT2D eigenvalue weighted by Gasteiger charge is 2.20. The zero-order chi connectivity index (χ0) is 13.1. The molecule has 6 heteroatoms. The van der Waals surface area contributed by atoms with Crippen molar-refractivity contribution < 1.29 is 4.92 Å². The number of nitro benzene ring substituents is 1. The van der Waals surface area contributed by atoms with Gasteiger partial charge in [0.15, 0.2) is 0 Å². The Morgan fingerprint density at radius 3 is 3.06 bits per heavy atom. The first-order chi connectivity index (χ1) is 8.56. The normalized spacial score (nSPS) is 20.9. The van der Waals surface area contributed by atoms with Crippen molar-refractivity contribution in [3.05, 3.63) is 38.3 Å². The lowest BCUT2D eigenvalue weighted by molar-refractivity contribution is -0.385. The maximum atomic E-state index is 11.0. The van der Waals surface area contributed by atoms with E-state index in [4.69, 9.17) is 0 Å². The molecule has 0 radical (unpaired) electrons. The Labute approximate surface area is 114 Å². The molecular formula is C12H16BrN3O2. The second kappa shape index (κ2) is 5.77. The molecule has 1 atom stereocenters. The maximum absolute atomic E-state index is 11.0. The highest BCUT2D eigenvalue weighted by atomic mass is 79.9. The molecule has 1 aromatic carbocycles. The lowest BCUT2D eigenvalue weighted by Gasteiger charge is -2.31. The smallest absolute Gasteiger partial charge is 0.275 e. The summed E-state index contributed by atoms with van der Waals surface area (Å²) in [6, 6.07) is 5.69. The molecule has 0 saturated carbocycles. The minimum absolute atomic E-state index is 0.190. The first kappa shape index (κ1) is 13.5. The van der Waals surface area contributed by atoms with Crippen LogP contribution in [0.5, 0.6) is 0 Å². The van der Waals surface area contributed by atoms with Gasteiger partial charge in [-0.3, -0.25) is 15.0 Å². The van der Waals surface area contributed by atoms with Gasteiger partial charge in [0.25, 0.3) is 5.69 Å². The Balaban J connectivity index is 2.15. The van der Waals surface area contributed by atoms with Crippen LogP contribution in [0.3, 0.4) is 0 Å². The number of benzene rings is 1. The Bertz CT molecular complexity index is 453. The number of hydrogen-bond donors (Lipinski definition) is 1. The molecule has 1 fully saturated rings. The highest BCUT2D eigenvalue weighted by molar-refractivity contribution is 9.10. The average Bonchev–Trinajstić information content (AvgIpc) is 2.31. The van der Waals surface area contributed by atoms with Gasteiger partial charge in [0.2, 0.25) is 0 Å². The highest BCUT2D eigenvalue weighted by Crippen LogP contribution is 2.25. The summed E-state index contributed by atoms with van der Waals surface area (Å²) in [5.74, 6) is 0. The van der Waals surface area contributed by atoms with Crippen LogP contribution in [0.4, 0.5) is 5.69 Å². The van der Waals surface area contributed by atoms with Crippen LogP contribution >= 0.6 is 15.9 Å². The van der Waals surface area contributed by atoms with Gasteiger partial charge in [-0.15, -0.1) is 0 Å². The Kier molecular flexibility index (Phi) is 4.31. The van der Waals surface area contributed by atoms with Crippen LogP contribution in [-0.4, -0.2) is 35.5 Å². The average molecular weight is 314 g/mol. The van der Waals surface area contributed by atoms with E-state index in [1.54, 1.807) is 6.07 Å². The number of piperazine rings is 1. The molecule has 1 N–H and O–H groups in total. The van der Waals surface area contributed by atoms with Gasteiger partial charge in [-0.1, -0.05) is 15.9 Å². The second-order valence-electron chi connectivity index (χ2n) is 4.62. The van der Waals surface area contributed by atoms with Crippen LogP contribution in [0, 0.1) is 10.1 Å². The predicted molar refractivity (Wildman–Crippen MR) is 73.5 cm³/mol. The van der Waals surface area contributed by atoms with Crippen molar-refractivity contribution in [3.63, 3.8) is 0 Å². The molecule has 1 aliphatic heterocycles. The Morgan fingerprint density at radius 2 is 2.39 bits per heavy atom. The van der Waals surface area contributed by atoms with Crippen molar-refractivity contribution in [2.24, 2.45) is 0 Å². The zero-order valence-corrected chi connectivity index (χ0v) is 11.8. The van der Waals surface area contributed by atoms with E-state index < -0.39 is 0 Å². The molecule has 98 valence electrons. The first-order valence-corrected chi connectivity index (χ1v) is 6.74. The lowest BCUT2D eigenvalue weighted by Crippen LogP contribution is -2.48. The monoisotopic (exact) mass is 313 g/mol. The topological polar surface area (TPSA) is 58.4 Å². The Hall–Kier alpha value is -0.980. The van der Waals surface area contributed by atoms with Crippen molar-refractivity contribution >= 4 is 21.6 Å². The maximum Gasteiger partial charge on any atom is 0.275 e. The summed E-state index contributed by atoms with van der Waals surface area (Å²) < 4.78 is 0.742. The summed E-state index contributed by atoms with van der Waals surface area (Å²) in [6.07, 6.45) is 0. The van der Waals surface area contributed by atoms with Gasteiger partial charge >= 0.3 is 0 Å². The standard InChI is InChI=1S/C12H16BrN3O2/c1-9-7-15(5-4-14-9)8-10-2-3-11(13)6-12(10)16(17)18/h2-3,6,9,14H,4-5,7-8H2,1H3/t9-/m0/s1. The summed E-state index contributed by atoms with van der Waals surface area (Å²) in [7, 11) is 0. The predicted octanol–water partition coefficient (Wildman–Crippen LogP) is 2.15. The third kappa shape index (κ3) is 3.28. The van der Waals surface area contributed by atoms with Gasteiger partial charge in [0.1, 0.15) is 0 Å². The summed E-state index contributed by atoms with van der Waals surface area (Å²) >= 11 is 3.27. The second-order valence-corrected chi connectivity index (χ2v) is 5.54. The van der Waals surface area contributed by atoms with E-state index in [0.29, 0.717) is 12.6 Å². The quantitative estimate of drug-likeness (QED) is 0.686. The summed E-state index contributed by atoms with van der Waals surface area (Å²) in [6.45, 7) is 5.55. The minimum Gasteiger partial charge on any atom is -0.312 e. The third-order valence-corrected chi connectivity index (χ3v) is 3.58. The van der Waals surface area contributed by atoms with E-state index in [1.165, 1.54) is 0 Å². The van der Waals surface area contributed by atoms with Crippen LogP contribution < -0.4 is 5.32 Å². The molecule has 0 aromatic heterocycles. The molecule has 1 aliphatic rings. The van der Waals surface area contributed by atoms with E-state index in [9.17, 15) is 10.1 Å². The van der Waals surface area contributed by atoms with Gasteiger partial charge in [-0.25, -0.2) is 0 Å². The molecule has 0 spiro atoms. The molecule has 0 aliphatic carbocycles. The fourth-order valence-corrected chi connectivity index (χ4v) is 2.59. The van der Waals surface area contributed by atoms with E-state index in [0.717, 1.165) is 29.7 Å². The van der Waals surface area contributed by atoms with E-state index in [2.05, 4.69) is 33.1 Å². The largest absolute Gasteiger partial charge is 0.312 e. The number of hydrogen-bond acceptors (Lipinski definition) is 4. The van der Waals surface area contributed by atoms with Gasteiger partial charge in [-0.05, 0) is 19.1 Å². The van der Waals surface area contributed by atoms with Crippen LogP contribution in [0.2, 0.25) is 0 Å². The van der Waals surface area contributed by atoms with E-state index >= 15 is 0 Å². The van der Waals surface area contributed by atoms with Gasteiger partial charge in [0.05, 0.1) is 4.92 Å². The fraction of sp³-hybridized carbons (Fsp3) is 0.500. The first-order valence-electron chi connectivity index (χ1n) is 5.95. The van der Waals surface area contributed by atoms with Gasteiger partial charge in [0, 0.05) is 48.3 Å². The molecule has 18 heavy (non-hydrogen) atoms. The third-order valence-electron chi connectivity index (χ3n) is 3.09. The lowest BCUT2D eigenvalue weighted by atomic mass is 10.1. The van der Waals surface area contributed by atoms with Gasteiger partial charge < -0.3 is 5.32 Å². The van der Waals surface area contributed by atoms with Gasteiger partial charge in [-0.2, -0.15) is 0 Å². The number of nitro groups is 1. The molecule has 0 bridgehead atoms. The summed E-state index contributed by atoms with van der Waals surface area (Å²) in [4.78, 5) is 13.0. The van der Waals surface area contributed by atoms with Crippen molar-refractivity contribution in [2.45, 2.75) is 19.5 Å². The molecule has 1 saturated heterocycles. The SMILES string of the molecule is C[C@H]1CN(Cc2ccc(Br)cc2[N+](=O)[O-])CCN1. The van der Waals surface area contributed by atoms with Crippen LogP contribution in [0.1, 0.15) is 12.5 Å². The van der Waals surface area contributed by atoms with Crippen LogP contribution in [0.25, 0.3) is 0 Å². The molecular weight excluding hydrogens is 298 g/mol. The number of halogens is 1. The zero-order valence-electron chi connectivity index (χ0n) is 10.2. The van der Waals surface area contributed by atoms with Crippen molar-refractivity contribution in [1.29, 1.82) is 0 Å². The molecule has 0 unspecified atom stereocenters. The number of nitrogens with one attached hydrogen (secondary N) is 1. The molecule has 0 amide bonds. The molecule has 2 rings (SSSR count). The van der Waals surface area contributed by atoms with E-state index in [1.807, 2.05) is 12.1 Å². The summed E-state index contributed by atoms with van der Waals surface area (Å²) in [5, 5.41) is 14.4. The van der Waals surface area contributed by atoms with Crippen molar-refractivity contribution in [2.75, 3.05) is 19.6 Å². The fourth-order valence-electron chi connectivity index (χ4n) is 2.24. The minimum atomic E-state index is -0.314. The van der Waals surface area contributed by atoms with Crippen LogP contribution in [-0.2, 0) is 6.54 Å². The molecule has 1 aromatic rings. The van der Waals surface area contributed by atoms with E-state index in [-0.39, 0.29) is 10.6 Å². The van der Waals surface area contributed by atoms with Crippen molar-refractivity contribution in [3.8, 4) is 0 Å². The molecule has 5 nitrogen and oxygen atoms in total. The van der Waals surface area contributed by atoms with Crippen molar-refractivity contribution in [1.82, 2.24) is 10.2 Å². The number of nitrogens with zero attached hydrogens (tertiary/aromatic N) is 2. The van der Waals surface area contributed by atoms with Crippen LogP contribution in [0.15, 0.2) is 22.7 Å². The Morgan fingerprint density at radius 1 is 1.61 bits per heavy atom. The molecule has 1 heterocycles. The number of rotatable bonds is 3.